The van der Waals surface area contributed by atoms with Gasteiger partial charge in [0.1, 0.15) is 18.2 Å². The van der Waals surface area contributed by atoms with E-state index in [1.165, 1.54) is 6.33 Å². The third-order valence-corrected chi connectivity index (χ3v) is 2.35. The van der Waals surface area contributed by atoms with Crippen molar-refractivity contribution >= 4 is 0 Å². The molecule has 0 bridgehead atoms. The zero-order valence-electron chi connectivity index (χ0n) is 9.38. The van der Waals surface area contributed by atoms with Crippen LogP contribution in [-0.4, -0.2) is 36.7 Å². The van der Waals surface area contributed by atoms with Crippen molar-refractivity contribution in [1.82, 2.24) is 35.5 Å². The molecule has 1 atom stereocenters. The van der Waals surface area contributed by atoms with E-state index in [0.29, 0.717) is 0 Å². The van der Waals surface area contributed by atoms with Crippen LogP contribution >= 0.6 is 0 Å². The summed E-state index contributed by atoms with van der Waals surface area (Å²) in [4.78, 5) is 4.17. The Morgan fingerprint density at radius 2 is 2.44 bits per heavy atom. The van der Waals surface area contributed by atoms with Crippen LogP contribution in [0.2, 0.25) is 0 Å². The number of aryl methyl sites for hydroxylation is 1. The largest absolute Gasteiger partial charge is 0.302 e. The first-order valence-corrected chi connectivity index (χ1v) is 5.26. The summed E-state index contributed by atoms with van der Waals surface area (Å²) >= 11 is 0. The second-order valence-corrected chi connectivity index (χ2v) is 3.54. The van der Waals surface area contributed by atoms with Gasteiger partial charge in [-0.3, -0.25) is 9.78 Å². The fourth-order valence-electron chi connectivity index (χ4n) is 1.54. The highest BCUT2D eigenvalue weighted by molar-refractivity contribution is 5.12. The van der Waals surface area contributed by atoms with Gasteiger partial charge in [-0.15, -0.1) is 5.10 Å². The standard InChI is InChI=1S/C9H15N7/c1-3-4-10-8(9-11-6-13-14-9)7-5-12-15-16(7)2/h5-6,8,10H,3-4H2,1-2H3,(H,11,13,14). The van der Waals surface area contributed by atoms with Crippen molar-refractivity contribution in [1.29, 1.82) is 0 Å². The molecule has 2 heterocycles. The van der Waals surface area contributed by atoms with Gasteiger partial charge in [-0.1, -0.05) is 12.1 Å². The number of nitrogens with zero attached hydrogens (tertiary/aromatic N) is 5. The van der Waals surface area contributed by atoms with Crippen molar-refractivity contribution in [3.8, 4) is 0 Å². The van der Waals surface area contributed by atoms with Gasteiger partial charge in [-0.25, -0.2) is 4.98 Å². The Morgan fingerprint density at radius 1 is 1.56 bits per heavy atom. The van der Waals surface area contributed by atoms with Crippen molar-refractivity contribution in [2.45, 2.75) is 19.4 Å². The van der Waals surface area contributed by atoms with E-state index >= 15 is 0 Å². The predicted molar refractivity (Wildman–Crippen MR) is 57.5 cm³/mol. The molecular formula is C9H15N7. The predicted octanol–water partition coefficient (Wildman–Crippen LogP) is 0.0222. The highest BCUT2D eigenvalue weighted by atomic mass is 15.4. The number of aromatic amines is 1. The molecule has 86 valence electrons. The Labute approximate surface area is 93.3 Å². The Morgan fingerprint density at radius 3 is 3.00 bits per heavy atom. The quantitative estimate of drug-likeness (QED) is 0.743. The fraction of sp³-hybridized carbons (Fsp3) is 0.556. The lowest BCUT2D eigenvalue weighted by molar-refractivity contribution is 0.531. The molecule has 0 amide bonds. The van der Waals surface area contributed by atoms with Gasteiger partial charge < -0.3 is 5.32 Å². The van der Waals surface area contributed by atoms with Crippen molar-refractivity contribution < 1.29 is 0 Å². The fourth-order valence-corrected chi connectivity index (χ4v) is 1.54. The highest BCUT2D eigenvalue weighted by Crippen LogP contribution is 2.16. The molecule has 0 aliphatic carbocycles. The van der Waals surface area contributed by atoms with E-state index in [9.17, 15) is 0 Å². The smallest absolute Gasteiger partial charge is 0.147 e. The van der Waals surface area contributed by atoms with E-state index in [0.717, 1.165) is 24.5 Å². The SMILES string of the molecule is CCCNC(c1ncn[nH]1)c1cnnn1C. The topological polar surface area (TPSA) is 84.3 Å². The summed E-state index contributed by atoms with van der Waals surface area (Å²) in [5, 5.41) is 17.9. The molecule has 0 saturated heterocycles. The monoisotopic (exact) mass is 221 g/mol. The van der Waals surface area contributed by atoms with Crippen LogP contribution in [0.15, 0.2) is 12.5 Å². The Kier molecular flexibility index (Phi) is 3.25. The molecular weight excluding hydrogens is 206 g/mol. The average Bonchev–Trinajstić information content (AvgIpc) is 2.91. The molecule has 0 fully saturated rings. The number of rotatable bonds is 5. The second kappa shape index (κ2) is 4.84. The van der Waals surface area contributed by atoms with Crippen LogP contribution < -0.4 is 5.32 Å². The lowest BCUT2D eigenvalue weighted by Crippen LogP contribution is -2.26. The van der Waals surface area contributed by atoms with Crippen LogP contribution in [0.1, 0.15) is 30.9 Å². The molecule has 0 saturated carbocycles. The summed E-state index contributed by atoms with van der Waals surface area (Å²) in [5.41, 5.74) is 0.963. The van der Waals surface area contributed by atoms with Gasteiger partial charge in [0.05, 0.1) is 11.9 Å². The summed E-state index contributed by atoms with van der Waals surface area (Å²) in [5.74, 6) is 0.777. The number of nitrogens with one attached hydrogen (secondary N) is 2. The van der Waals surface area contributed by atoms with Gasteiger partial charge in [0, 0.05) is 7.05 Å². The molecule has 2 aromatic rings. The molecule has 2 aromatic heterocycles. The zero-order chi connectivity index (χ0) is 11.4. The van der Waals surface area contributed by atoms with Crippen LogP contribution in [-0.2, 0) is 7.05 Å². The van der Waals surface area contributed by atoms with Crippen LogP contribution in [0, 0.1) is 0 Å². The van der Waals surface area contributed by atoms with Crippen molar-refractivity contribution in [3.05, 3.63) is 24.0 Å². The number of aromatic nitrogens is 6. The normalized spacial score (nSPS) is 12.9. The molecule has 7 nitrogen and oxygen atoms in total. The van der Waals surface area contributed by atoms with Gasteiger partial charge in [-0.05, 0) is 13.0 Å². The third-order valence-electron chi connectivity index (χ3n) is 2.35. The molecule has 2 N–H and O–H groups in total. The summed E-state index contributed by atoms with van der Waals surface area (Å²) < 4.78 is 1.73. The molecule has 0 radical (unpaired) electrons. The maximum Gasteiger partial charge on any atom is 0.147 e. The lowest BCUT2D eigenvalue weighted by Gasteiger charge is -2.15. The maximum atomic E-state index is 4.17. The van der Waals surface area contributed by atoms with Crippen LogP contribution in [0.3, 0.4) is 0 Å². The number of hydrogen-bond acceptors (Lipinski definition) is 5. The van der Waals surface area contributed by atoms with Gasteiger partial charge in [-0.2, -0.15) is 5.10 Å². The zero-order valence-corrected chi connectivity index (χ0v) is 9.38. The first kappa shape index (κ1) is 10.7. The molecule has 0 aliphatic heterocycles. The van der Waals surface area contributed by atoms with Crippen LogP contribution in [0.4, 0.5) is 0 Å². The minimum absolute atomic E-state index is 0.0394. The van der Waals surface area contributed by atoms with Gasteiger partial charge >= 0.3 is 0 Å². The molecule has 0 aromatic carbocycles. The van der Waals surface area contributed by atoms with Crippen molar-refractivity contribution in [3.63, 3.8) is 0 Å². The molecule has 16 heavy (non-hydrogen) atoms. The third kappa shape index (κ3) is 2.08. The Hall–Kier alpha value is -1.76. The molecule has 2 rings (SSSR count). The van der Waals surface area contributed by atoms with E-state index < -0.39 is 0 Å². The first-order chi connectivity index (χ1) is 7.83. The maximum absolute atomic E-state index is 4.17. The summed E-state index contributed by atoms with van der Waals surface area (Å²) in [6.45, 7) is 3.02. The molecule has 7 heteroatoms. The van der Waals surface area contributed by atoms with Gasteiger partial charge in [0.2, 0.25) is 0 Å². The first-order valence-electron chi connectivity index (χ1n) is 5.26. The minimum atomic E-state index is -0.0394. The van der Waals surface area contributed by atoms with E-state index in [-0.39, 0.29) is 6.04 Å². The number of H-pyrrole nitrogens is 1. The van der Waals surface area contributed by atoms with Gasteiger partial charge in [0.15, 0.2) is 0 Å². The van der Waals surface area contributed by atoms with Crippen molar-refractivity contribution in [2.24, 2.45) is 7.05 Å². The number of hydrogen-bond donors (Lipinski definition) is 2. The Bertz CT molecular complexity index is 419. The Balaban J connectivity index is 2.25. The van der Waals surface area contributed by atoms with E-state index in [4.69, 9.17) is 0 Å². The van der Waals surface area contributed by atoms with Gasteiger partial charge in [0.25, 0.3) is 0 Å². The van der Waals surface area contributed by atoms with Crippen LogP contribution in [0.5, 0.6) is 0 Å². The summed E-state index contributed by atoms with van der Waals surface area (Å²) in [6, 6.07) is -0.0394. The van der Waals surface area contributed by atoms with E-state index in [1.807, 2.05) is 7.05 Å². The van der Waals surface area contributed by atoms with E-state index in [2.05, 4.69) is 37.7 Å². The highest BCUT2D eigenvalue weighted by Gasteiger charge is 2.19. The molecule has 1 unspecified atom stereocenters. The molecule has 0 aliphatic rings. The van der Waals surface area contributed by atoms with Crippen molar-refractivity contribution in [2.75, 3.05) is 6.54 Å². The summed E-state index contributed by atoms with van der Waals surface area (Å²) in [7, 11) is 1.86. The molecule has 0 spiro atoms. The second-order valence-electron chi connectivity index (χ2n) is 3.54. The van der Waals surface area contributed by atoms with Crippen LogP contribution in [0.25, 0.3) is 0 Å². The van der Waals surface area contributed by atoms with E-state index in [1.54, 1.807) is 10.9 Å². The minimum Gasteiger partial charge on any atom is -0.302 e. The summed E-state index contributed by atoms with van der Waals surface area (Å²) in [6.07, 6.45) is 4.28. The average molecular weight is 221 g/mol. The lowest BCUT2D eigenvalue weighted by atomic mass is 10.2.